The van der Waals surface area contributed by atoms with Crippen LogP contribution in [0.15, 0.2) is 53.6 Å². The van der Waals surface area contributed by atoms with Crippen molar-refractivity contribution >= 4 is 32.8 Å². The molecule has 2 aromatic carbocycles. The van der Waals surface area contributed by atoms with E-state index in [0.717, 1.165) is 22.0 Å². The average molecular weight is 530 g/mol. The lowest BCUT2D eigenvalue weighted by Crippen LogP contribution is -2.41. The molecule has 0 saturated heterocycles. The van der Waals surface area contributed by atoms with Crippen molar-refractivity contribution < 1.29 is 27.5 Å². The molecule has 0 spiro atoms. The number of aliphatic carboxylic acids is 1. The van der Waals surface area contributed by atoms with Crippen LogP contribution in [0.25, 0.3) is 10.9 Å². The number of aromatic nitrogens is 1. The molecule has 1 heterocycles. The third-order valence-corrected chi connectivity index (χ3v) is 8.63. The maximum Gasteiger partial charge on any atom is 0.303 e. The van der Waals surface area contributed by atoms with E-state index >= 15 is 0 Å². The third kappa shape index (κ3) is 6.37. The quantitative estimate of drug-likeness (QED) is 0.387. The Morgan fingerprint density at radius 3 is 2.43 bits per heavy atom. The molecule has 1 saturated carbocycles. The van der Waals surface area contributed by atoms with Crippen LogP contribution in [-0.2, 0) is 33.1 Å². The Morgan fingerprint density at radius 1 is 1.11 bits per heavy atom. The molecule has 8 nitrogen and oxygen atoms in total. The number of carbonyl (C=O) groups excluding carboxylic acids is 1. The number of amides is 1. The number of hydrogen-bond acceptors (Lipinski definition) is 4. The van der Waals surface area contributed by atoms with Gasteiger partial charge < -0.3 is 15.0 Å². The van der Waals surface area contributed by atoms with Crippen molar-refractivity contribution in [2.75, 3.05) is 0 Å². The van der Waals surface area contributed by atoms with Gasteiger partial charge in [-0.15, -0.1) is 0 Å². The molecular formula is C27H32FN3O5S. The van der Waals surface area contributed by atoms with E-state index in [1.54, 1.807) is 30.3 Å². The molecule has 1 atom stereocenters. The normalized spacial score (nSPS) is 19.0. The summed E-state index contributed by atoms with van der Waals surface area (Å²) < 4.78 is 44.1. The Labute approximate surface area is 215 Å². The molecule has 1 amide bonds. The fourth-order valence-electron chi connectivity index (χ4n) is 4.99. The van der Waals surface area contributed by atoms with Crippen LogP contribution in [0.5, 0.6) is 0 Å². The number of rotatable bonds is 9. The standard InChI is InChI=1S/C27H32FN3O5S/c1-17(18-3-8-21(28)9-4-18)29-27(34)19-5-10-22(11-6-19)30-37(35,36)23-12-13-25-24(15-23)20(16-31(25)2)7-14-26(32)33/h3-4,8-9,12-13,15-17,19,22,30H,5-7,10-11,14H2,1-2H3,(H,29,34)(H,32,33)/t17-,19?,22?/m1/s1. The van der Waals surface area contributed by atoms with Crippen molar-refractivity contribution in [1.29, 1.82) is 0 Å². The number of sulfonamides is 1. The molecule has 1 aromatic heterocycles. The van der Waals surface area contributed by atoms with Gasteiger partial charge in [0.25, 0.3) is 0 Å². The minimum Gasteiger partial charge on any atom is -0.481 e. The summed E-state index contributed by atoms with van der Waals surface area (Å²) in [5.41, 5.74) is 2.44. The molecular weight excluding hydrogens is 497 g/mol. The number of benzene rings is 2. The van der Waals surface area contributed by atoms with Crippen LogP contribution in [-0.4, -0.2) is 36.0 Å². The zero-order chi connectivity index (χ0) is 26.7. The molecule has 0 unspecified atom stereocenters. The molecule has 3 N–H and O–H groups in total. The van der Waals surface area contributed by atoms with E-state index < -0.39 is 16.0 Å². The van der Waals surface area contributed by atoms with E-state index in [0.29, 0.717) is 32.1 Å². The van der Waals surface area contributed by atoms with Crippen molar-refractivity contribution in [1.82, 2.24) is 14.6 Å². The molecule has 0 aliphatic heterocycles. The van der Waals surface area contributed by atoms with E-state index in [1.807, 2.05) is 24.7 Å². The van der Waals surface area contributed by atoms with Gasteiger partial charge in [-0.2, -0.15) is 0 Å². The van der Waals surface area contributed by atoms with Crippen LogP contribution in [0.2, 0.25) is 0 Å². The van der Waals surface area contributed by atoms with Crippen molar-refractivity contribution in [3.63, 3.8) is 0 Å². The predicted octanol–water partition coefficient (Wildman–Crippen LogP) is 4.05. The summed E-state index contributed by atoms with van der Waals surface area (Å²) in [6.45, 7) is 1.85. The number of carboxylic acid groups (broad SMARTS) is 1. The van der Waals surface area contributed by atoms with E-state index in [1.165, 1.54) is 12.1 Å². The zero-order valence-corrected chi connectivity index (χ0v) is 21.7. The topological polar surface area (TPSA) is 118 Å². The van der Waals surface area contributed by atoms with Gasteiger partial charge in [-0.05, 0) is 80.5 Å². The van der Waals surface area contributed by atoms with Gasteiger partial charge >= 0.3 is 5.97 Å². The minimum atomic E-state index is -3.79. The van der Waals surface area contributed by atoms with Crippen LogP contribution in [0.3, 0.4) is 0 Å². The molecule has 0 bridgehead atoms. The number of carbonyl (C=O) groups is 2. The van der Waals surface area contributed by atoms with E-state index in [-0.39, 0.29) is 41.0 Å². The first kappa shape index (κ1) is 26.8. The molecule has 1 aliphatic carbocycles. The number of aryl methyl sites for hydroxylation is 2. The number of hydrogen-bond donors (Lipinski definition) is 3. The first-order valence-electron chi connectivity index (χ1n) is 12.4. The Bertz CT molecular complexity index is 1390. The van der Waals surface area contributed by atoms with Gasteiger partial charge in [0.1, 0.15) is 5.82 Å². The smallest absolute Gasteiger partial charge is 0.303 e. The Balaban J connectivity index is 1.36. The molecule has 1 aliphatic rings. The maximum atomic E-state index is 13.2. The Morgan fingerprint density at radius 2 is 1.78 bits per heavy atom. The summed E-state index contributed by atoms with van der Waals surface area (Å²) in [6, 6.07) is 10.4. The van der Waals surface area contributed by atoms with Gasteiger partial charge in [0.15, 0.2) is 0 Å². The maximum absolute atomic E-state index is 13.2. The first-order chi connectivity index (χ1) is 17.5. The minimum absolute atomic E-state index is 0.0339. The summed E-state index contributed by atoms with van der Waals surface area (Å²) >= 11 is 0. The summed E-state index contributed by atoms with van der Waals surface area (Å²) in [5, 5.41) is 12.7. The highest BCUT2D eigenvalue weighted by Gasteiger charge is 2.30. The SMILES string of the molecule is C[C@@H](NC(=O)C1CCC(NS(=O)(=O)c2ccc3c(c2)c(CCC(=O)O)cn3C)CC1)c1ccc(F)cc1. The van der Waals surface area contributed by atoms with E-state index in [4.69, 9.17) is 5.11 Å². The van der Waals surface area contributed by atoms with Crippen LogP contribution in [0.1, 0.15) is 56.2 Å². The second kappa shape index (κ2) is 11.0. The molecule has 0 radical (unpaired) electrons. The Hall–Kier alpha value is -3.24. The number of halogens is 1. The average Bonchev–Trinajstić information content (AvgIpc) is 3.18. The van der Waals surface area contributed by atoms with Crippen LogP contribution >= 0.6 is 0 Å². The lowest BCUT2D eigenvalue weighted by Gasteiger charge is -2.29. The van der Waals surface area contributed by atoms with Crippen molar-refractivity contribution in [3.8, 4) is 0 Å². The van der Waals surface area contributed by atoms with Crippen LogP contribution in [0, 0.1) is 11.7 Å². The van der Waals surface area contributed by atoms with Gasteiger partial charge in [0, 0.05) is 42.5 Å². The summed E-state index contributed by atoms with van der Waals surface area (Å²) in [7, 11) is -1.95. The highest BCUT2D eigenvalue weighted by molar-refractivity contribution is 7.89. The van der Waals surface area contributed by atoms with E-state index in [2.05, 4.69) is 10.0 Å². The van der Waals surface area contributed by atoms with Crippen LogP contribution in [0.4, 0.5) is 4.39 Å². The molecule has 10 heteroatoms. The highest BCUT2D eigenvalue weighted by atomic mass is 32.2. The fraction of sp³-hybridized carbons (Fsp3) is 0.407. The second-order valence-electron chi connectivity index (χ2n) is 9.79. The number of carboxylic acids is 1. The third-order valence-electron chi connectivity index (χ3n) is 7.11. The van der Waals surface area contributed by atoms with Crippen LogP contribution < -0.4 is 10.0 Å². The van der Waals surface area contributed by atoms with Crippen molar-refractivity contribution in [3.05, 3.63) is 65.6 Å². The highest BCUT2D eigenvalue weighted by Crippen LogP contribution is 2.29. The molecule has 3 aromatic rings. The summed E-state index contributed by atoms with van der Waals surface area (Å²) in [4.78, 5) is 23.9. The van der Waals surface area contributed by atoms with E-state index in [9.17, 15) is 22.4 Å². The fourth-order valence-corrected chi connectivity index (χ4v) is 6.32. The lowest BCUT2D eigenvalue weighted by atomic mass is 9.85. The summed E-state index contributed by atoms with van der Waals surface area (Å²) in [6.07, 6.45) is 4.32. The zero-order valence-electron chi connectivity index (χ0n) is 20.9. The van der Waals surface area contributed by atoms with Crippen molar-refractivity contribution in [2.45, 2.75) is 62.4 Å². The van der Waals surface area contributed by atoms with Gasteiger partial charge in [-0.1, -0.05) is 12.1 Å². The lowest BCUT2D eigenvalue weighted by molar-refractivity contribution is -0.137. The van der Waals surface area contributed by atoms with Gasteiger partial charge in [-0.25, -0.2) is 17.5 Å². The number of fused-ring (bicyclic) bond motifs is 1. The number of nitrogens with one attached hydrogen (secondary N) is 2. The second-order valence-corrected chi connectivity index (χ2v) is 11.5. The molecule has 4 rings (SSSR count). The molecule has 198 valence electrons. The largest absolute Gasteiger partial charge is 0.481 e. The molecule has 37 heavy (non-hydrogen) atoms. The van der Waals surface area contributed by atoms with Crippen molar-refractivity contribution in [2.24, 2.45) is 13.0 Å². The monoisotopic (exact) mass is 529 g/mol. The first-order valence-corrected chi connectivity index (χ1v) is 13.9. The summed E-state index contributed by atoms with van der Waals surface area (Å²) in [5.74, 6) is -1.52. The Kier molecular flexibility index (Phi) is 7.99. The van der Waals surface area contributed by atoms with Gasteiger partial charge in [0.05, 0.1) is 10.9 Å². The molecule has 1 fully saturated rings. The number of nitrogens with zero attached hydrogens (tertiary/aromatic N) is 1. The van der Waals surface area contributed by atoms with Gasteiger partial charge in [0.2, 0.25) is 15.9 Å². The van der Waals surface area contributed by atoms with Gasteiger partial charge in [-0.3, -0.25) is 9.59 Å². The predicted molar refractivity (Wildman–Crippen MR) is 138 cm³/mol.